The fraction of sp³-hybridized carbons (Fsp3) is 0.286. The van der Waals surface area contributed by atoms with E-state index in [9.17, 15) is 9.59 Å². The lowest BCUT2D eigenvalue weighted by Gasteiger charge is -2.23. The number of hydrogen-bond donors (Lipinski definition) is 2. The average molecular weight is 279 g/mol. The molecule has 1 rings (SSSR count). The fourth-order valence-electron chi connectivity index (χ4n) is 1.57. The van der Waals surface area contributed by atoms with Gasteiger partial charge in [-0.25, -0.2) is 9.59 Å². The summed E-state index contributed by atoms with van der Waals surface area (Å²) in [6.07, 6.45) is 1.59. The summed E-state index contributed by atoms with van der Waals surface area (Å²) in [5.74, 6) is -1.91. The van der Waals surface area contributed by atoms with Crippen LogP contribution in [0.5, 0.6) is 0 Å². The van der Waals surface area contributed by atoms with Crippen LogP contribution in [0, 0.1) is 0 Å². The van der Waals surface area contributed by atoms with Crippen LogP contribution in [0.15, 0.2) is 42.5 Å². The van der Waals surface area contributed by atoms with Crippen molar-refractivity contribution in [3.05, 3.63) is 42.5 Å². The van der Waals surface area contributed by atoms with Gasteiger partial charge < -0.3 is 19.8 Å². The number of carboxylic acids is 1. The zero-order valence-electron chi connectivity index (χ0n) is 10.9. The number of carbonyl (C=O) groups is 2. The SMILES string of the molecule is O=C(O)C=CC(=O)OCCN(CCO)c1ccccc1. The van der Waals surface area contributed by atoms with Gasteiger partial charge in [0.25, 0.3) is 0 Å². The van der Waals surface area contributed by atoms with Crippen LogP contribution in [0.1, 0.15) is 0 Å². The van der Waals surface area contributed by atoms with Crippen LogP contribution in [-0.4, -0.2) is 48.5 Å². The van der Waals surface area contributed by atoms with Crippen molar-refractivity contribution in [3.8, 4) is 0 Å². The first-order valence-electron chi connectivity index (χ1n) is 6.12. The van der Waals surface area contributed by atoms with E-state index < -0.39 is 11.9 Å². The lowest BCUT2D eigenvalue weighted by Crippen LogP contribution is -2.30. The maximum absolute atomic E-state index is 11.2. The average Bonchev–Trinajstić information content (AvgIpc) is 2.45. The Labute approximate surface area is 116 Å². The number of carbonyl (C=O) groups excluding carboxylic acids is 1. The van der Waals surface area contributed by atoms with Crippen molar-refractivity contribution in [2.24, 2.45) is 0 Å². The molecule has 0 radical (unpaired) electrons. The van der Waals surface area contributed by atoms with Crippen molar-refractivity contribution >= 4 is 17.6 Å². The van der Waals surface area contributed by atoms with Crippen LogP contribution < -0.4 is 4.90 Å². The highest BCUT2D eigenvalue weighted by molar-refractivity contribution is 5.90. The number of anilines is 1. The van der Waals surface area contributed by atoms with Crippen molar-refractivity contribution in [1.82, 2.24) is 0 Å². The number of hydrogen-bond acceptors (Lipinski definition) is 5. The lowest BCUT2D eigenvalue weighted by atomic mass is 10.3. The van der Waals surface area contributed by atoms with Gasteiger partial charge in [-0.05, 0) is 12.1 Å². The Morgan fingerprint density at radius 2 is 1.85 bits per heavy atom. The van der Waals surface area contributed by atoms with E-state index in [1.54, 1.807) is 0 Å². The fourth-order valence-corrected chi connectivity index (χ4v) is 1.57. The number of ether oxygens (including phenoxy) is 1. The smallest absolute Gasteiger partial charge is 0.331 e. The van der Waals surface area contributed by atoms with Crippen LogP contribution in [-0.2, 0) is 14.3 Å². The molecule has 20 heavy (non-hydrogen) atoms. The molecule has 0 amide bonds. The van der Waals surface area contributed by atoms with Gasteiger partial charge in [0.2, 0.25) is 0 Å². The maximum Gasteiger partial charge on any atom is 0.331 e. The van der Waals surface area contributed by atoms with Crippen molar-refractivity contribution in [2.45, 2.75) is 0 Å². The second-order valence-corrected chi connectivity index (χ2v) is 3.89. The van der Waals surface area contributed by atoms with Crippen LogP contribution in [0.3, 0.4) is 0 Å². The van der Waals surface area contributed by atoms with Crippen molar-refractivity contribution in [2.75, 3.05) is 31.2 Å². The number of rotatable bonds is 8. The molecule has 0 aliphatic rings. The van der Waals surface area contributed by atoms with Gasteiger partial charge in [-0.2, -0.15) is 0 Å². The van der Waals surface area contributed by atoms with Crippen molar-refractivity contribution < 1.29 is 24.5 Å². The standard InChI is InChI=1S/C14H17NO5/c16-10-8-15(12-4-2-1-3-5-12)9-11-20-14(19)7-6-13(17)18/h1-7,16H,8-11H2,(H,17,18). The molecular weight excluding hydrogens is 262 g/mol. The van der Waals surface area contributed by atoms with E-state index in [1.807, 2.05) is 35.2 Å². The number of benzene rings is 1. The Balaban J connectivity index is 2.44. The molecule has 0 fully saturated rings. The zero-order valence-corrected chi connectivity index (χ0v) is 10.9. The zero-order chi connectivity index (χ0) is 14.8. The Bertz CT molecular complexity index is 458. The third kappa shape index (κ3) is 6.01. The molecule has 2 N–H and O–H groups in total. The first kappa shape index (κ1) is 15.7. The van der Waals surface area contributed by atoms with Crippen LogP contribution in [0.2, 0.25) is 0 Å². The molecule has 0 spiro atoms. The number of carboxylic acid groups (broad SMARTS) is 1. The predicted octanol–water partition coefficient (Wildman–Crippen LogP) is 0.669. The number of aliphatic hydroxyl groups is 1. The molecule has 1 aromatic rings. The summed E-state index contributed by atoms with van der Waals surface area (Å²) in [4.78, 5) is 23.3. The summed E-state index contributed by atoms with van der Waals surface area (Å²) < 4.78 is 4.88. The number of aliphatic hydroxyl groups excluding tert-OH is 1. The Hall–Kier alpha value is -2.34. The molecule has 0 unspecified atom stereocenters. The van der Waals surface area contributed by atoms with Gasteiger partial charge in [0, 0.05) is 24.4 Å². The molecule has 0 aliphatic carbocycles. The first-order valence-corrected chi connectivity index (χ1v) is 6.12. The third-order valence-electron chi connectivity index (χ3n) is 2.46. The Morgan fingerprint density at radius 1 is 1.15 bits per heavy atom. The molecule has 0 atom stereocenters. The summed E-state index contributed by atoms with van der Waals surface area (Å²) in [6.45, 7) is 0.934. The highest BCUT2D eigenvalue weighted by Crippen LogP contribution is 2.12. The Morgan fingerprint density at radius 3 is 2.45 bits per heavy atom. The summed E-state index contributed by atoms with van der Waals surface area (Å²) in [5.41, 5.74) is 0.915. The first-order chi connectivity index (χ1) is 9.63. The molecule has 0 saturated heterocycles. The van der Waals surface area contributed by atoms with Gasteiger partial charge in [0.05, 0.1) is 13.2 Å². The molecule has 0 aromatic heterocycles. The van der Waals surface area contributed by atoms with E-state index >= 15 is 0 Å². The molecule has 0 heterocycles. The highest BCUT2D eigenvalue weighted by Gasteiger charge is 2.06. The normalized spacial score (nSPS) is 10.4. The van der Waals surface area contributed by atoms with Gasteiger partial charge in [-0.1, -0.05) is 18.2 Å². The molecule has 1 aromatic carbocycles. The molecule has 6 heteroatoms. The molecule has 6 nitrogen and oxygen atoms in total. The second-order valence-electron chi connectivity index (χ2n) is 3.89. The Kier molecular flexibility index (Phi) is 6.84. The lowest BCUT2D eigenvalue weighted by molar-refractivity contribution is -0.138. The van der Waals surface area contributed by atoms with Crippen LogP contribution in [0.4, 0.5) is 5.69 Å². The summed E-state index contributed by atoms with van der Waals surface area (Å²) >= 11 is 0. The van der Waals surface area contributed by atoms with E-state index in [0.29, 0.717) is 13.1 Å². The predicted molar refractivity (Wildman–Crippen MR) is 73.5 cm³/mol. The third-order valence-corrected chi connectivity index (χ3v) is 2.46. The molecule has 0 bridgehead atoms. The van der Waals surface area contributed by atoms with E-state index in [0.717, 1.165) is 17.8 Å². The number of para-hydroxylation sites is 1. The number of nitrogens with zero attached hydrogens (tertiary/aromatic N) is 1. The topological polar surface area (TPSA) is 87.1 Å². The minimum Gasteiger partial charge on any atom is -0.478 e. The molecule has 0 saturated carbocycles. The summed E-state index contributed by atoms with van der Waals surface area (Å²) in [7, 11) is 0. The van der Waals surface area contributed by atoms with Gasteiger partial charge in [-0.15, -0.1) is 0 Å². The van der Waals surface area contributed by atoms with E-state index in [2.05, 4.69) is 0 Å². The minimum absolute atomic E-state index is 0.0121. The number of esters is 1. The number of aliphatic carboxylic acids is 1. The van der Waals surface area contributed by atoms with Crippen molar-refractivity contribution in [3.63, 3.8) is 0 Å². The quantitative estimate of drug-likeness (QED) is 0.537. The van der Waals surface area contributed by atoms with Crippen LogP contribution >= 0.6 is 0 Å². The van der Waals surface area contributed by atoms with Gasteiger partial charge in [0.1, 0.15) is 6.61 Å². The van der Waals surface area contributed by atoms with E-state index in [1.165, 1.54) is 0 Å². The molecular formula is C14H17NO5. The monoisotopic (exact) mass is 279 g/mol. The van der Waals surface area contributed by atoms with Gasteiger partial charge in [-0.3, -0.25) is 0 Å². The minimum atomic E-state index is -1.20. The summed E-state index contributed by atoms with van der Waals surface area (Å²) in [5, 5.41) is 17.4. The van der Waals surface area contributed by atoms with Gasteiger partial charge in [0.15, 0.2) is 0 Å². The van der Waals surface area contributed by atoms with E-state index in [-0.39, 0.29) is 13.2 Å². The second kappa shape index (κ2) is 8.71. The van der Waals surface area contributed by atoms with Crippen LogP contribution in [0.25, 0.3) is 0 Å². The molecule has 0 aliphatic heterocycles. The molecule has 108 valence electrons. The highest BCUT2D eigenvalue weighted by atomic mass is 16.5. The van der Waals surface area contributed by atoms with E-state index in [4.69, 9.17) is 14.9 Å². The largest absolute Gasteiger partial charge is 0.478 e. The van der Waals surface area contributed by atoms with Crippen molar-refractivity contribution in [1.29, 1.82) is 0 Å². The summed E-state index contributed by atoms with van der Waals surface area (Å²) in [6, 6.07) is 9.42. The maximum atomic E-state index is 11.2. The van der Waals surface area contributed by atoms with Gasteiger partial charge >= 0.3 is 11.9 Å².